The van der Waals surface area contributed by atoms with Crippen LogP contribution in [0.2, 0.25) is 0 Å². The lowest BCUT2D eigenvalue weighted by atomic mass is 10.2. The van der Waals surface area contributed by atoms with Crippen LogP contribution in [0.4, 0.5) is 0 Å². The minimum atomic E-state index is -1.47. The quantitative estimate of drug-likeness (QED) is 0.752. The molecule has 0 fully saturated rings. The molecule has 26 heavy (non-hydrogen) atoms. The molecule has 2 aromatic rings. The summed E-state index contributed by atoms with van der Waals surface area (Å²) in [6, 6.07) is 3.78. The van der Waals surface area contributed by atoms with Gasteiger partial charge in [0.05, 0.1) is 13.2 Å². The average Bonchev–Trinajstić information content (AvgIpc) is 3.11. The van der Waals surface area contributed by atoms with E-state index in [1.165, 1.54) is 28.0 Å². The minimum absolute atomic E-state index is 0.161. The van der Waals surface area contributed by atoms with Crippen LogP contribution in [-0.2, 0) is 11.3 Å². The van der Waals surface area contributed by atoms with Crippen LogP contribution >= 0.6 is 11.3 Å². The van der Waals surface area contributed by atoms with Crippen LogP contribution in [0.25, 0.3) is 0 Å². The fourth-order valence-corrected chi connectivity index (χ4v) is 3.44. The van der Waals surface area contributed by atoms with Gasteiger partial charge in [0, 0.05) is 24.7 Å². The predicted octanol–water partition coefficient (Wildman–Crippen LogP) is 0.512. The smallest absolute Gasteiger partial charge is 0.341 e. The Labute approximate surface area is 152 Å². The number of hydrogen-bond acceptors (Lipinski definition) is 7. The van der Waals surface area contributed by atoms with Crippen molar-refractivity contribution >= 4 is 23.2 Å². The molecule has 10 heteroatoms. The van der Waals surface area contributed by atoms with Crippen molar-refractivity contribution in [2.45, 2.75) is 6.54 Å². The molecule has 2 N–H and O–H groups in total. The Kier molecular flexibility index (Phi) is 4.96. The highest BCUT2D eigenvalue weighted by atomic mass is 32.1. The van der Waals surface area contributed by atoms with Crippen LogP contribution < -0.4 is 10.4 Å². The van der Waals surface area contributed by atoms with Crippen molar-refractivity contribution in [1.82, 2.24) is 9.58 Å². The fraction of sp³-hybridized carbons (Fsp3) is 0.312. The molecule has 1 aliphatic rings. The molecule has 1 aliphatic heterocycles. The highest BCUT2D eigenvalue weighted by Crippen LogP contribution is 2.23. The summed E-state index contributed by atoms with van der Waals surface area (Å²) in [6.45, 7) is 1.10. The summed E-state index contributed by atoms with van der Waals surface area (Å²) in [4.78, 5) is 38.6. The van der Waals surface area contributed by atoms with Gasteiger partial charge in [-0.2, -0.15) is 0 Å². The number of fused-ring (bicyclic) bond motifs is 1. The topological polar surface area (TPSA) is 112 Å². The molecule has 0 aromatic carbocycles. The highest BCUT2D eigenvalue weighted by Gasteiger charge is 2.34. The van der Waals surface area contributed by atoms with E-state index in [0.717, 1.165) is 11.1 Å². The largest absolute Gasteiger partial charge is 0.502 e. The first-order valence-electron chi connectivity index (χ1n) is 7.71. The van der Waals surface area contributed by atoms with Crippen LogP contribution in [0.3, 0.4) is 0 Å². The molecule has 3 rings (SSSR count). The highest BCUT2D eigenvalue weighted by molar-refractivity contribution is 7.09. The second kappa shape index (κ2) is 7.18. The van der Waals surface area contributed by atoms with Gasteiger partial charge in [-0.05, 0) is 11.4 Å². The van der Waals surface area contributed by atoms with Crippen LogP contribution in [0.1, 0.15) is 25.7 Å². The zero-order chi connectivity index (χ0) is 18.8. The molecule has 0 aliphatic carbocycles. The first-order valence-corrected chi connectivity index (χ1v) is 8.59. The van der Waals surface area contributed by atoms with E-state index >= 15 is 0 Å². The molecular formula is C16H17N3O6S. The number of aromatic hydroxyl groups is 1. The Morgan fingerprint density at radius 2 is 2.15 bits per heavy atom. The summed E-state index contributed by atoms with van der Waals surface area (Å²) in [6.07, 6.45) is 1.08. The van der Waals surface area contributed by atoms with Gasteiger partial charge in [0.2, 0.25) is 5.43 Å². The number of nitrogens with zero attached hydrogens (tertiary/aromatic N) is 3. The van der Waals surface area contributed by atoms with E-state index in [2.05, 4.69) is 0 Å². The zero-order valence-corrected chi connectivity index (χ0v) is 14.7. The zero-order valence-electron chi connectivity index (χ0n) is 13.9. The molecule has 0 radical (unpaired) electrons. The minimum Gasteiger partial charge on any atom is -0.502 e. The number of carboxylic acid groups (broad SMARTS) is 1. The van der Waals surface area contributed by atoms with E-state index in [1.54, 1.807) is 5.01 Å². The van der Waals surface area contributed by atoms with Gasteiger partial charge >= 0.3 is 5.97 Å². The van der Waals surface area contributed by atoms with E-state index in [1.807, 2.05) is 17.5 Å². The molecule has 1 amide bonds. The molecule has 0 spiro atoms. The van der Waals surface area contributed by atoms with E-state index in [9.17, 15) is 24.6 Å². The average molecular weight is 379 g/mol. The summed E-state index contributed by atoms with van der Waals surface area (Å²) in [7, 11) is 1.51. The number of pyridine rings is 1. The van der Waals surface area contributed by atoms with Crippen molar-refractivity contribution in [2.75, 3.05) is 31.9 Å². The van der Waals surface area contributed by atoms with Crippen molar-refractivity contribution in [1.29, 1.82) is 0 Å². The van der Waals surface area contributed by atoms with E-state index < -0.39 is 28.6 Å². The maximum absolute atomic E-state index is 12.7. The normalized spacial score (nSPS) is 13.8. The molecule has 0 bridgehead atoms. The molecule has 0 saturated heterocycles. The lowest BCUT2D eigenvalue weighted by molar-refractivity contribution is 0.0613. The van der Waals surface area contributed by atoms with Gasteiger partial charge in [-0.25, -0.2) is 4.79 Å². The number of methoxy groups -OCH3 is 1. The fourth-order valence-electron chi connectivity index (χ4n) is 2.73. The van der Waals surface area contributed by atoms with Crippen LogP contribution in [0.15, 0.2) is 28.5 Å². The Morgan fingerprint density at radius 3 is 2.77 bits per heavy atom. The number of amides is 1. The van der Waals surface area contributed by atoms with Crippen molar-refractivity contribution in [3.05, 3.63) is 50.1 Å². The number of hydrogen-bond donors (Lipinski definition) is 2. The Balaban J connectivity index is 2.11. The van der Waals surface area contributed by atoms with Crippen molar-refractivity contribution < 1.29 is 24.5 Å². The number of aromatic carboxylic acids is 1. The van der Waals surface area contributed by atoms with E-state index in [-0.39, 0.29) is 25.5 Å². The first-order chi connectivity index (χ1) is 12.4. The summed E-state index contributed by atoms with van der Waals surface area (Å²) in [5.74, 6) is -2.89. The second-order valence-corrected chi connectivity index (χ2v) is 6.70. The van der Waals surface area contributed by atoms with Gasteiger partial charge in [0.1, 0.15) is 12.2 Å². The van der Waals surface area contributed by atoms with Crippen LogP contribution in [0.5, 0.6) is 5.75 Å². The summed E-state index contributed by atoms with van der Waals surface area (Å²) < 4.78 is 6.26. The maximum atomic E-state index is 12.7. The molecule has 3 heterocycles. The first kappa shape index (κ1) is 18.0. The van der Waals surface area contributed by atoms with Gasteiger partial charge in [-0.1, -0.05) is 6.07 Å². The Bertz CT molecular complexity index is 892. The molecule has 9 nitrogen and oxygen atoms in total. The molecule has 0 saturated carbocycles. The standard InChI is InChI=1S/C16H17N3O6S/c1-25-5-4-17-9-18(7-10-3-2-6-26-10)19-8-11(16(23)24)13(20)14(21)12(19)15(17)22/h2-3,6,8,21H,4-5,7,9H2,1H3,(H,23,24). The van der Waals surface area contributed by atoms with Crippen molar-refractivity contribution in [3.8, 4) is 5.75 Å². The monoisotopic (exact) mass is 379 g/mol. The number of carbonyl (C=O) groups is 2. The third kappa shape index (κ3) is 3.16. The van der Waals surface area contributed by atoms with E-state index in [4.69, 9.17) is 4.74 Å². The predicted molar refractivity (Wildman–Crippen MR) is 93.3 cm³/mol. The van der Waals surface area contributed by atoms with Crippen LogP contribution in [0, 0.1) is 0 Å². The third-order valence-electron chi connectivity index (χ3n) is 4.01. The molecule has 0 atom stereocenters. The van der Waals surface area contributed by atoms with E-state index in [0.29, 0.717) is 6.54 Å². The lowest BCUT2D eigenvalue weighted by Gasteiger charge is -2.39. The molecule has 0 unspecified atom stereocenters. The second-order valence-electron chi connectivity index (χ2n) is 5.67. The number of rotatable bonds is 6. The molecule has 138 valence electrons. The molecular weight excluding hydrogens is 362 g/mol. The van der Waals surface area contributed by atoms with Gasteiger partial charge in [0.15, 0.2) is 11.4 Å². The summed E-state index contributed by atoms with van der Waals surface area (Å²) >= 11 is 1.51. The number of carboxylic acids is 1. The van der Waals surface area contributed by atoms with Crippen molar-refractivity contribution in [3.63, 3.8) is 0 Å². The summed E-state index contributed by atoms with van der Waals surface area (Å²) in [5, 5.41) is 23.0. The molecule has 2 aromatic heterocycles. The maximum Gasteiger partial charge on any atom is 0.341 e. The number of aromatic nitrogens is 1. The number of thiophene rings is 1. The van der Waals surface area contributed by atoms with Gasteiger partial charge < -0.3 is 19.8 Å². The number of carbonyl (C=O) groups excluding carboxylic acids is 1. The van der Waals surface area contributed by atoms with Gasteiger partial charge in [-0.15, -0.1) is 11.3 Å². The Hall–Kier alpha value is -2.85. The third-order valence-corrected chi connectivity index (χ3v) is 4.87. The van der Waals surface area contributed by atoms with Crippen molar-refractivity contribution in [2.24, 2.45) is 0 Å². The van der Waals surface area contributed by atoms with Gasteiger partial charge in [0.25, 0.3) is 5.91 Å². The number of ether oxygens (including phenoxy) is 1. The van der Waals surface area contributed by atoms with Gasteiger partial charge in [-0.3, -0.25) is 19.3 Å². The van der Waals surface area contributed by atoms with Crippen LogP contribution in [-0.4, -0.2) is 58.6 Å². The summed E-state index contributed by atoms with van der Waals surface area (Å²) in [5.41, 5.74) is -1.93. The SMILES string of the molecule is COCCN1CN(Cc2cccs2)n2cc(C(=O)O)c(=O)c(O)c2C1=O. The Morgan fingerprint density at radius 1 is 1.38 bits per heavy atom. The lowest BCUT2D eigenvalue weighted by Crippen LogP contribution is -2.54.